The molecule has 5 nitrogen and oxygen atoms in total. The maximum atomic E-state index is 11.5. The highest BCUT2D eigenvalue weighted by Gasteiger charge is 2.33. The third-order valence-corrected chi connectivity index (χ3v) is 4.59. The van der Waals surface area contributed by atoms with E-state index in [0.29, 0.717) is 23.3 Å². The van der Waals surface area contributed by atoms with Crippen molar-refractivity contribution in [1.82, 2.24) is 0 Å². The van der Waals surface area contributed by atoms with Crippen molar-refractivity contribution in [1.29, 1.82) is 0 Å². The van der Waals surface area contributed by atoms with E-state index in [1.165, 1.54) is 0 Å². The summed E-state index contributed by atoms with van der Waals surface area (Å²) < 4.78 is 17.2. The summed E-state index contributed by atoms with van der Waals surface area (Å²) in [5.74, 6) is 1.32. The monoisotopic (exact) mass is 352 g/mol. The minimum Gasteiger partial charge on any atom is -0.507 e. The van der Waals surface area contributed by atoms with Crippen LogP contribution in [0.4, 0.5) is 0 Å². The Bertz CT molecular complexity index is 1060. The van der Waals surface area contributed by atoms with Gasteiger partial charge >= 0.3 is 5.63 Å². The lowest BCUT2D eigenvalue weighted by Gasteiger charge is -2.35. The molecule has 0 unspecified atom stereocenters. The summed E-state index contributed by atoms with van der Waals surface area (Å²) in [5, 5.41) is 10.6. The van der Waals surface area contributed by atoms with E-state index in [2.05, 4.69) is 6.92 Å². The van der Waals surface area contributed by atoms with Crippen LogP contribution in [0.3, 0.4) is 0 Å². The third-order valence-electron chi connectivity index (χ3n) is 4.59. The molecule has 134 valence electrons. The first kappa shape index (κ1) is 16.5. The molecular formula is C21H20O5. The Kier molecular flexibility index (Phi) is 3.68. The lowest BCUT2D eigenvalue weighted by Crippen LogP contribution is -2.29. The lowest BCUT2D eigenvalue weighted by atomic mass is 9.85. The zero-order valence-electron chi connectivity index (χ0n) is 15.0. The molecule has 1 N–H and O–H groups in total. The van der Waals surface area contributed by atoms with Gasteiger partial charge in [0.2, 0.25) is 0 Å². The van der Waals surface area contributed by atoms with Gasteiger partial charge in [-0.25, -0.2) is 4.79 Å². The van der Waals surface area contributed by atoms with Crippen LogP contribution in [0.15, 0.2) is 45.6 Å². The van der Waals surface area contributed by atoms with Crippen molar-refractivity contribution in [2.45, 2.75) is 32.8 Å². The van der Waals surface area contributed by atoms with Gasteiger partial charge in [0.05, 0.1) is 18.1 Å². The van der Waals surface area contributed by atoms with Crippen LogP contribution in [-0.4, -0.2) is 11.7 Å². The van der Waals surface area contributed by atoms with Crippen LogP contribution in [0.2, 0.25) is 0 Å². The third kappa shape index (κ3) is 2.60. The van der Waals surface area contributed by atoms with Crippen LogP contribution in [0.1, 0.15) is 32.8 Å². The number of hydrogen-bond donors (Lipinski definition) is 1. The predicted octanol–water partition coefficient (Wildman–Crippen LogP) is 4.58. The van der Waals surface area contributed by atoms with Gasteiger partial charge in [-0.1, -0.05) is 13.0 Å². The van der Waals surface area contributed by atoms with E-state index < -0.39 is 11.2 Å². The largest absolute Gasteiger partial charge is 0.507 e. The normalized spacial score (nSPS) is 14.4. The topological polar surface area (TPSA) is 68.9 Å². The van der Waals surface area contributed by atoms with Gasteiger partial charge < -0.3 is 19.0 Å². The molecule has 0 radical (unpaired) electrons. The number of benzene rings is 2. The smallest absolute Gasteiger partial charge is 0.339 e. The Morgan fingerprint density at radius 2 is 1.92 bits per heavy atom. The molecule has 0 bridgehead atoms. The zero-order chi connectivity index (χ0) is 18.5. The fourth-order valence-corrected chi connectivity index (χ4v) is 3.36. The van der Waals surface area contributed by atoms with Gasteiger partial charge in [-0.3, -0.25) is 0 Å². The first-order valence-corrected chi connectivity index (χ1v) is 8.66. The molecule has 0 aliphatic carbocycles. The first-order valence-electron chi connectivity index (χ1n) is 8.66. The molecule has 26 heavy (non-hydrogen) atoms. The number of aromatic hydroxyl groups is 1. The molecule has 3 aromatic rings. The summed E-state index contributed by atoms with van der Waals surface area (Å²) in [6.07, 6.45) is 0.941. The van der Waals surface area contributed by atoms with Crippen molar-refractivity contribution < 1.29 is 19.0 Å². The van der Waals surface area contributed by atoms with Gasteiger partial charge in [0, 0.05) is 17.2 Å². The van der Waals surface area contributed by atoms with Gasteiger partial charge in [-0.15, -0.1) is 0 Å². The van der Waals surface area contributed by atoms with E-state index in [9.17, 15) is 9.90 Å². The SMILES string of the molecule is CCCOc1ccc2c(c1)C(C)(C)Oc1cc3oc(=O)cc(O)c3cc1-2. The van der Waals surface area contributed by atoms with Crippen molar-refractivity contribution >= 4 is 11.0 Å². The second-order valence-corrected chi connectivity index (χ2v) is 6.96. The number of fused-ring (bicyclic) bond motifs is 4. The minimum absolute atomic E-state index is 0.103. The summed E-state index contributed by atoms with van der Waals surface area (Å²) >= 11 is 0. The van der Waals surface area contributed by atoms with Gasteiger partial charge in [0.1, 0.15) is 28.4 Å². The van der Waals surface area contributed by atoms with Crippen LogP contribution in [-0.2, 0) is 5.60 Å². The molecule has 1 aliphatic rings. The Balaban J connectivity index is 1.94. The zero-order valence-corrected chi connectivity index (χ0v) is 15.0. The highest BCUT2D eigenvalue weighted by molar-refractivity contribution is 5.92. The second-order valence-electron chi connectivity index (χ2n) is 6.96. The molecule has 0 atom stereocenters. The molecule has 1 aromatic heterocycles. The molecule has 1 aliphatic heterocycles. The Labute approximate surface area is 150 Å². The molecule has 4 rings (SSSR count). The highest BCUT2D eigenvalue weighted by atomic mass is 16.5. The summed E-state index contributed by atoms with van der Waals surface area (Å²) in [6.45, 7) is 6.70. The van der Waals surface area contributed by atoms with Crippen molar-refractivity contribution in [2.75, 3.05) is 6.61 Å². The summed E-state index contributed by atoms with van der Waals surface area (Å²) in [5.41, 5.74) is 2.00. The number of hydrogen-bond acceptors (Lipinski definition) is 5. The fourth-order valence-electron chi connectivity index (χ4n) is 3.36. The van der Waals surface area contributed by atoms with Crippen molar-refractivity contribution in [3.05, 3.63) is 52.4 Å². The molecule has 0 spiro atoms. The first-order chi connectivity index (χ1) is 12.4. The van der Waals surface area contributed by atoms with Crippen LogP contribution < -0.4 is 15.1 Å². The van der Waals surface area contributed by atoms with Crippen LogP contribution >= 0.6 is 0 Å². The van der Waals surface area contributed by atoms with Crippen LogP contribution in [0.5, 0.6) is 17.2 Å². The van der Waals surface area contributed by atoms with E-state index in [-0.39, 0.29) is 5.75 Å². The van der Waals surface area contributed by atoms with Gasteiger partial charge in [0.15, 0.2) is 0 Å². The maximum absolute atomic E-state index is 11.5. The van der Waals surface area contributed by atoms with Crippen LogP contribution in [0, 0.1) is 0 Å². The number of rotatable bonds is 3. The Hall–Kier alpha value is -2.95. The Morgan fingerprint density at radius 3 is 2.69 bits per heavy atom. The molecule has 2 heterocycles. The molecule has 0 saturated heterocycles. The van der Waals surface area contributed by atoms with E-state index in [0.717, 1.165) is 34.9 Å². The maximum Gasteiger partial charge on any atom is 0.339 e. The van der Waals surface area contributed by atoms with E-state index in [1.807, 2.05) is 32.0 Å². The minimum atomic E-state index is -0.594. The lowest BCUT2D eigenvalue weighted by molar-refractivity contribution is 0.105. The van der Waals surface area contributed by atoms with E-state index >= 15 is 0 Å². The molecule has 0 saturated carbocycles. The van der Waals surface area contributed by atoms with Crippen molar-refractivity contribution in [2.24, 2.45) is 0 Å². The van der Waals surface area contributed by atoms with Crippen LogP contribution in [0.25, 0.3) is 22.1 Å². The molecular weight excluding hydrogens is 332 g/mol. The summed E-state index contributed by atoms with van der Waals surface area (Å²) in [4.78, 5) is 11.5. The van der Waals surface area contributed by atoms with Gasteiger partial charge in [0.25, 0.3) is 0 Å². The average molecular weight is 352 g/mol. The molecule has 5 heteroatoms. The van der Waals surface area contributed by atoms with Gasteiger partial charge in [-0.05, 0) is 44.0 Å². The molecule has 0 fully saturated rings. The summed E-state index contributed by atoms with van der Waals surface area (Å²) in [6, 6.07) is 10.5. The van der Waals surface area contributed by atoms with Gasteiger partial charge in [-0.2, -0.15) is 0 Å². The highest BCUT2D eigenvalue weighted by Crippen LogP contribution is 2.48. The number of ether oxygens (including phenoxy) is 2. The summed E-state index contributed by atoms with van der Waals surface area (Å²) in [7, 11) is 0. The predicted molar refractivity (Wildman–Crippen MR) is 99.0 cm³/mol. The Morgan fingerprint density at radius 1 is 1.12 bits per heavy atom. The standard InChI is InChI=1S/C21H20O5/c1-4-7-24-12-5-6-13-14-9-15-17(22)10-20(23)25-18(15)11-19(14)26-21(2,3)16(13)8-12/h5-6,8-11,22H,4,7H2,1-3H3. The quantitative estimate of drug-likeness (QED) is 0.699. The average Bonchev–Trinajstić information content (AvgIpc) is 2.58. The van der Waals surface area contributed by atoms with Crippen molar-refractivity contribution in [3.63, 3.8) is 0 Å². The second kappa shape index (κ2) is 5.80. The fraction of sp³-hybridized carbons (Fsp3) is 0.286. The van der Waals surface area contributed by atoms with E-state index in [4.69, 9.17) is 13.9 Å². The molecule has 2 aromatic carbocycles. The van der Waals surface area contributed by atoms with E-state index in [1.54, 1.807) is 12.1 Å². The molecule has 0 amide bonds. The van der Waals surface area contributed by atoms with Crippen molar-refractivity contribution in [3.8, 4) is 28.4 Å².